The summed E-state index contributed by atoms with van der Waals surface area (Å²) in [5.74, 6) is -3.24. The van der Waals surface area contributed by atoms with Crippen LogP contribution in [0.25, 0.3) is 6.08 Å². The van der Waals surface area contributed by atoms with E-state index in [0.29, 0.717) is 24.0 Å². The van der Waals surface area contributed by atoms with Crippen LogP contribution in [0.2, 0.25) is 0 Å². The molecule has 1 spiro atoms. The molecule has 0 aromatic heterocycles. The van der Waals surface area contributed by atoms with Crippen LogP contribution < -0.4 is 5.32 Å². The Labute approximate surface area is 260 Å². The van der Waals surface area contributed by atoms with Crippen LogP contribution in [0, 0.1) is 5.41 Å². The lowest BCUT2D eigenvalue weighted by Crippen LogP contribution is -2.44. The Morgan fingerprint density at radius 1 is 1.04 bits per heavy atom. The van der Waals surface area contributed by atoms with Crippen LogP contribution in [-0.2, 0) is 50.9 Å². The van der Waals surface area contributed by atoms with E-state index < -0.39 is 53.5 Å². The number of ether oxygens (including phenoxy) is 5. The number of esters is 3. The first-order valence-electron chi connectivity index (χ1n) is 14.9. The zero-order chi connectivity index (χ0) is 31.8. The minimum Gasteiger partial charge on any atom is -0.462 e. The van der Waals surface area contributed by atoms with Crippen LogP contribution in [-0.4, -0.2) is 78.9 Å². The van der Waals surface area contributed by atoms with E-state index in [2.05, 4.69) is 5.32 Å². The Balaban J connectivity index is 1.16. The van der Waals surface area contributed by atoms with E-state index in [1.54, 1.807) is 44.2 Å². The summed E-state index contributed by atoms with van der Waals surface area (Å²) in [5.41, 5.74) is 2.74. The maximum absolute atomic E-state index is 13.4. The summed E-state index contributed by atoms with van der Waals surface area (Å²) in [6.07, 6.45) is 2.46. The number of aliphatic hydroxyl groups is 1. The van der Waals surface area contributed by atoms with Crippen LogP contribution in [0.3, 0.4) is 0 Å². The number of cyclic esters (lactones) is 1. The molecule has 0 saturated carbocycles. The van der Waals surface area contributed by atoms with Gasteiger partial charge in [-0.05, 0) is 41.0 Å². The Hall–Kier alpha value is -4.32. The number of hydrogen-bond donors (Lipinski definition) is 2. The maximum Gasteiger partial charge on any atom is 0.348 e. The summed E-state index contributed by atoms with van der Waals surface area (Å²) in [5, 5.41) is 11.8. The SMILES string of the molecule is CC1(C)COC(=O)[C@@H]1OC(=O)C=Cc1cccc(C(=O)O[C@@H]2CC(C(=O)NCCO)=C[C@H]3OC4(Cc5ccccc5C4)O[C@H]32)c1. The molecule has 2 fully saturated rings. The van der Waals surface area contributed by atoms with Crippen LogP contribution in [0.5, 0.6) is 0 Å². The molecule has 0 radical (unpaired) electrons. The highest BCUT2D eigenvalue weighted by molar-refractivity contribution is 5.94. The molecule has 236 valence electrons. The van der Waals surface area contributed by atoms with Crippen LogP contribution >= 0.6 is 0 Å². The summed E-state index contributed by atoms with van der Waals surface area (Å²) < 4.78 is 29.3. The monoisotopic (exact) mass is 617 g/mol. The van der Waals surface area contributed by atoms with E-state index in [1.807, 2.05) is 24.3 Å². The van der Waals surface area contributed by atoms with Gasteiger partial charge >= 0.3 is 17.9 Å². The van der Waals surface area contributed by atoms with Gasteiger partial charge in [0.25, 0.3) is 0 Å². The van der Waals surface area contributed by atoms with Crippen molar-refractivity contribution in [2.75, 3.05) is 19.8 Å². The topological polar surface area (TPSA) is 147 Å². The number of hydrogen-bond acceptors (Lipinski definition) is 10. The molecule has 4 aliphatic rings. The molecule has 2 aromatic rings. The lowest BCUT2D eigenvalue weighted by molar-refractivity contribution is -0.172. The molecule has 2 aliphatic carbocycles. The molecule has 0 bridgehead atoms. The Morgan fingerprint density at radius 3 is 2.49 bits per heavy atom. The van der Waals surface area contributed by atoms with Gasteiger partial charge in [-0.3, -0.25) is 4.79 Å². The summed E-state index contributed by atoms with van der Waals surface area (Å²) in [6, 6.07) is 14.5. The van der Waals surface area contributed by atoms with Crippen molar-refractivity contribution in [1.82, 2.24) is 5.32 Å². The second-order valence-electron chi connectivity index (χ2n) is 12.4. The standard InChI is InChI=1S/C34H35NO10/c1-33(2)19-41-32(40)29(33)43-27(37)11-10-20-6-5-9-21(14-20)31(39)42-25-15-24(30(38)35-12-13-36)16-26-28(25)45-34(44-26)17-22-7-3-4-8-23(22)18-34/h3-11,14,16,25-26,28-29,36H,12-13,15,17-19H2,1-2H3,(H,35,38)/t25-,26-,28+,29+/m1/s1. The molecule has 1 amide bonds. The van der Waals surface area contributed by atoms with Gasteiger partial charge < -0.3 is 34.1 Å². The van der Waals surface area contributed by atoms with Crippen molar-refractivity contribution in [3.63, 3.8) is 0 Å². The van der Waals surface area contributed by atoms with Gasteiger partial charge in [0, 0.05) is 42.9 Å². The van der Waals surface area contributed by atoms with E-state index in [4.69, 9.17) is 23.7 Å². The molecule has 2 N–H and O–H groups in total. The van der Waals surface area contributed by atoms with Crippen molar-refractivity contribution in [1.29, 1.82) is 0 Å². The third-order valence-corrected chi connectivity index (χ3v) is 8.44. The van der Waals surface area contributed by atoms with Gasteiger partial charge in [-0.15, -0.1) is 0 Å². The van der Waals surface area contributed by atoms with Gasteiger partial charge in [0.15, 0.2) is 5.79 Å². The van der Waals surface area contributed by atoms with Gasteiger partial charge in [-0.2, -0.15) is 0 Å². The normalized spacial score (nSPS) is 25.8. The largest absolute Gasteiger partial charge is 0.462 e. The number of fused-ring (bicyclic) bond motifs is 2. The second-order valence-corrected chi connectivity index (χ2v) is 12.4. The number of amides is 1. The van der Waals surface area contributed by atoms with Crippen LogP contribution in [0.15, 0.2) is 66.3 Å². The number of aliphatic hydroxyl groups excluding tert-OH is 1. The summed E-state index contributed by atoms with van der Waals surface area (Å²) in [4.78, 5) is 50.7. The van der Waals surface area contributed by atoms with Gasteiger partial charge in [-0.25, -0.2) is 14.4 Å². The van der Waals surface area contributed by atoms with E-state index in [0.717, 1.165) is 11.1 Å². The number of rotatable bonds is 8. The fourth-order valence-corrected chi connectivity index (χ4v) is 6.18. The molecule has 2 aromatic carbocycles. The molecule has 4 atom stereocenters. The predicted octanol–water partition coefficient (Wildman–Crippen LogP) is 2.44. The zero-order valence-electron chi connectivity index (χ0n) is 25.0. The molecular weight excluding hydrogens is 582 g/mol. The quantitative estimate of drug-likeness (QED) is 0.257. The van der Waals surface area contributed by atoms with Gasteiger partial charge in [0.05, 0.1) is 12.2 Å². The fraction of sp³-hybridized carbons (Fsp3) is 0.412. The van der Waals surface area contributed by atoms with E-state index in [-0.39, 0.29) is 37.6 Å². The first kappa shape index (κ1) is 30.7. The molecular formula is C34H35NO10. The number of nitrogens with one attached hydrogen (secondary N) is 1. The van der Waals surface area contributed by atoms with E-state index in [9.17, 15) is 24.3 Å². The second kappa shape index (κ2) is 12.2. The molecule has 6 rings (SSSR count). The van der Waals surface area contributed by atoms with Crippen molar-refractivity contribution in [3.05, 3.63) is 88.5 Å². The van der Waals surface area contributed by atoms with Gasteiger partial charge in [0.2, 0.25) is 12.0 Å². The Morgan fingerprint density at radius 2 is 1.80 bits per heavy atom. The van der Waals surface area contributed by atoms with Gasteiger partial charge in [0.1, 0.15) is 24.9 Å². The first-order valence-corrected chi connectivity index (χ1v) is 14.9. The lowest BCUT2D eigenvalue weighted by Gasteiger charge is -2.30. The zero-order valence-corrected chi connectivity index (χ0v) is 25.0. The summed E-state index contributed by atoms with van der Waals surface area (Å²) >= 11 is 0. The summed E-state index contributed by atoms with van der Waals surface area (Å²) in [7, 11) is 0. The van der Waals surface area contributed by atoms with Crippen molar-refractivity contribution in [2.24, 2.45) is 5.41 Å². The third kappa shape index (κ3) is 6.42. The highest BCUT2D eigenvalue weighted by atomic mass is 16.8. The highest BCUT2D eigenvalue weighted by Crippen LogP contribution is 2.45. The molecule has 2 aliphatic heterocycles. The van der Waals surface area contributed by atoms with Gasteiger partial charge in [-0.1, -0.05) is 50.2 Å². The summed E-state index contributed by atoms with van der Waals surface area (Å²) in [6.45, 7) is 3.59. The Kier molecular flexibility index (Phi) is 8.34. The molecule has 45 heavy (non-hydrogen) atoms. The average molecular weight is 618 g/mol. The van der Waals surface area contributed by atoms with Crippen molar-refractivity contribution in [2.45, 2.75) is 63.3 Å². The molecule has 0 unspecified atom stereocenters. The van der Waals surface area contributed by atoms with Crippen LogP contribution in [0.4, 0.5) is 0 Å². The minimum absolute atomic E-state index is 0.0850. The predicted molar refractivity (Wildman–Crippen MR) is 158 cm³/mol. The van der Waals surface area contributed by atoms with E-state index >= 15 is 0 Å². The molecule has 2 heterocycles. The fourth-order valence-electron chi connectivity index (χ4n) is 6.18. The van der Waals surface area contributed by atoms with Crippen molar-refractivity contribution >= 4 is 29.9 Å². The van der Waals surface area contributed by atoms with Crippen molar-refractivity contribution in [3.8, 4) is 0 Å². The van der Waals surface area contributed by atoms with E-state index in [1.165, 1.54) is 12.2 Å². The number of benzene rings is 2. The number of carbonyl (C=O) groups is 4. The smallest absolute Gasteiger partial charge is 0.348 e. The minimum atomic E-state index is -1.00. The first-order chi connectivity index (χ1) is 21.6. The van der Waals surface area contributed by atoms with Crippen molar-refractivity contribution < 1.29 is 48.0 Å². The maximum atomic E-state index is 13.4. The average Bonchev–Trinajstić information content (AvgIpc) is 3.66. The number of carbonyl (C=O) groups excluding carboxylic acids is 4. The van der Waals surface area contributed by atoms with Crippen LogP contribution in [0.1, 0.15) is 47.3 Å². The third-order valence-electron chi connectivity index (χ3n) is 8.44. The molecule has 11 nitrogen and oxygen atoms in total. The highest BCUT2D eigenvalue weighted by Gasteiger charge is 2.55. The lowest BCUT2D eigenvalue weighted by atomic mass is 9.90. The molecule has 11 heteroatoms. The Bertz CT molecular complexity index is 1550. The molecule has 2 saturated heterocycles.